The van der Waals surface area contributed by atoms with Gasteiger partial charge in [0.15, 0.2) is 11.5 Å². The fraction of sp³-hybridized carbons (Fsp3) is 0.333. The molecule has 1 unspecified atom stereocenters. The Balaban J connectivity index is 1.88. The molecule has 0 aliphatic carbocycles. The van der Waals surface area contributed by atoms with Crippen LogP contribution >= 0.6 is 0 Å². The van der Waals surface area contributed by atoms with E-state index in [9.17, 15) is 4.79 Å². The molecule has 22 heavy (non-hydrogen) atoms. The molecular weight excluding hydrogens is 284 g/mol. The van der Waals surface area contributed by atoms with Crippen LogP contribution in [0.3, 0.4) is 0 Å². The van der Waals surface area contributed by atoms with Crippen molar-refractivity contribution >= 4 is 6.09 Å². The maximum atomic E-state index is 11.0. The number of likely N-dealkylation sites (N-methyl/N-ethyl adjacent to an activating group) is 1. The molecule has 116 valence electrons. The van der Waals surface area contributed by atoms with Crippen LogP contribution < -0.4 is 15.2 Å². The van der Waals surface area contributed by atoms with E-state index in [1.54, 1.807) is 18.5 Å². The zero-order valence-corrected chi connectivity index (χ0v) is 12.3. The number of aromatic amines is 1. The van der Waals surface area contributed by atoms with Gasteiger partial charge in [0.05, 0.1) is 6.20 Å². The highest BCUT2D eigenvalue weighted by Crippen LogP contribution is 2.34. The number of benzene rings is 1. The number of primary amides is 1. The maximum Gasteiger partial charge on any atom is 0.410 e. The van der Waals surface area contributed by atoms with Crippen molar-refractivity contribution in [3.05, 3.63) is 30.6 Å². The Hall–Kier alpha value is -2.54. The largest absolute Gasteiger partial charge is 0.485 e. The molecule has 0 spiro atoms. The van der Waals surface area contributed by atoms with Crippen LogP contribution in [0, 0.1) is 0 Å². The predicted octanol–water partition coefficient (Wildman–Crippen LogP) is 1.62. The maximum absolute atomic E-state index is 11.0. The molecule has 1 atom stereocenters. The lowest BCUT2D eigenvalue weighted by molar-refractivity contribution is 0.189. The fourth-order valence-corrected chi connectivity index (χ4v) is 2.55. The molecule has 2 aromatic rings. The van der Waals surface area contributed by atoms with Gasteiger partial charge in [0.1, 0.15) is 6.10 Å². The van der Waals surface area contributed by atoms with Crippen LogP contribution in [-0.2, 0) is 0 Å². The summed E-state index contributed by atoms with van der Waals surface area (Å²) in [7, 11) is 2.05. The molecule has 1 fully saturated rings. The number of carbonyl (C=O) groups excluding carboxylic acids is 1. The lowest BCUT2D eigenvalue weighted by atomic mass is 10.1. The van der Waals surface area contributed by atoms with Crippen molar-refractivity contribution < 1.29 is 14.3 Å². The summed E-state index contributed by atoms with van der Waals surface area (Å²) in [6.07, 6.45) is 3.65. The second kappa shape index (κ2) is 6.07. The van der Waals surface area contributed by atoms with Crippen molar-refractivity contribution in [1.29, 1.82) is 0 Å². The number of likely N-dealkylation sites (tertiary alicyclic amines) is 1. The predicted molar refractivity (Wildman–Crippen MR) is 80.8 cm³/mol. The molecule has 1 amide bonds. The minimum atomic E-state index is -0.857. The van der Waals surface area contributed by atoms with Gasteiger partial charge in [-0.3, -0.25) is 5.10 Å². The molecular formula is C15H18N4O3. The molecule has 0 bridgehead atoms. The molecule has 3 rings (SSSR count). The number of nitrogens with one attached hydrogen (secondary N) is 1. The van der Waals surface area contributed by atoms with Crippen LogP contribution in [0.1, 0.15) is 6.42 Å². The third-order valence-corrected chi connectivity index (χ3v) is 3.63. The number of ether oxygens (including phenoxy) is 2. The normalized spacial score (nSPS) is 18.3. The van der Waals surface area contributed by atoms with Crippen LogP contribution in [0.2, 0.25) is 0 Å². The minimum absolute atomic E-state index is 0.0693. The van der Waals surface area contributed by atoms with E-state index in [0.29, 0.717) is 11.5 Å². The Morgan fingerprint density at radius 3 is 2.91 bits per heavy atom. The van der Waals surface area contributed by atoms with Gasteiger partial charge in [-0.05, 0) is 31.2 Å². The van der Waals surface area contributed by atoms with E-state index >= 15 is 0 Å². The number of hydrogen-bond acceptors (Lipinski definition) is 5. The van der Waals surface area contributed by atoms with Gasteiger partial charge in [0.25, 0.3) is 0 Å². The summed E-state index contributed by atoms with van der Waals surface area (Å²) < 4.78 is 11.0. The van der Waals surface area contributed by atoms with E-state index < -0.39 is 6.09 Å². The minimum Gasteiger partial charge on any atom is -0.485 e. The fourth-order valence-electron chi connectivity index (χ4n) is 2.55. The number of H-pyrrole nitrogens is 1. The topological polar surface area (TPSA) is 93.5 Å². The van der Waals surface area contributed by atoms with Gasteiger partial charge < -0.3 is 20.1 Å². The summed E-state index contributed by atoms with van der Waals surface area (Å²) in [6, 6.07) is 5.35. The van der Waals surface area contributed by atoms with Crippen molar-refractivity contribution in [2.75, 3.05) is 20.1 Å². The highest BCUT2D eigenvalue weighted by molar-refractivity contribution is 5.71. The lowest BCUT2D eigenvalue weighted by Crippen LogP contribution is -2.22. The molecule has 7 nitrogen and oxygen atoms in total. The van der Waals surface area contributed by atoms with Crippen LogP contribution in [0.25, 0.3) is 11.1 Å². The molecule has 1 aliphatic heterocycles. The number of nitrogens with two attached hydrogens (primary N) is 1. The molecule has 7 heteroatoms. The summed E-state index contributed by atoms with van der Waals surface area (Å²) in [5.41, 5.74) is 6.97. The summed E-state index contributed by atoms with van der Waals surface area (Å²) in [4.78, 5) is 13.2. The third-order valence-electron chi connectivity index (χ3n) is 3.63. The van der Waals surface area contributed by atoms with Crippen molar-refractivity contribution in [2.45, 2.75) is 12.5 Å². The Bertz CT molecular complexity index is 657. The van der Waals surface area contributed by atoms with E-state index in [0.717, 1.165) is 30.6 Å². The third kappa shape index (κ3) is 3.20. The first-order valence-electron chi connectivity index (χ1n) is 7.07. The van der Waals surface area contributed by atoms with Crippen LogP contribution in [0.5, 0.6) is 11.5 Å². The van der Waals surface area contributed by atoms with E-state index in [1.807, 2.05) is 19.2 Å². The highest BCUT2D eigenvalue weighted by Gasteiger charge is 2.23. The standard InChI is InChI=1S/C15H18N4O3/c1-19-5-4-12(9-19)21-14-6-10(11-7-17-18-8-11)2-3-13(14)22-15(16)20/h2-3,6-8,12H,4-5,9H2,1H3,(H2,16,20)(H,17,18). The molecule has 1 aromatic carbocycles. The van der Waals surface area contributed by atoms with E-state index in [2.05, 4.69) is 15.1 Å². The molecule has 3 N–H and O–H groups in total. The zero-order chi connectivity index (χ0) is 15.5. The molecule has 1 aromatic heterocycles. The van der Waals surface area contributed by atoms with Gasteiger partial charge in [0, 0.05) is 24.8 Å². The van der Waals surface area contributed by atoms with Gasteiger partial charge in [-0.25, -0.2) is 4.79 Å². The first-order valence-corrected chi connectivity index (χ1v) is 7.07. The summed E-state index contributed by atoms with van der Waals surface area (Å²) in [6.45, 7) is 1.82. The van der Waals surface area contributed by atoms with Crippen LogP contribution in [0.15, 0.2) is 30.6 Å². The Morgan fingerprint density at radius 2 is 2.27 bits per heavy atom. The van der Waals surface area contributed by atoms with Crippen LogP contribution in [-0.4, -0.2) is 47.4 Å². The quantitative estimate of drug-likeness (QED) is 0.895. The zero-order valence-electron chi connectivity index (χ0n) is 12.3. The Kier molecular flexibility index (Phi) is 3.97. The average Bonchev–Trinajstić information content (AvgIpc) is 3.12. The monoisotopic (exact) mass is 302 g/mol. The number of carbonyl (C=O) groups is 1. The van der Waals surface area contributed by atoms with E-state index in [4.69, 9.17) is 15.2 Å². The van der Waals surface area contributed by atoms with Crippen molar-refractivity contribution in [3.8, 4) is 22.6 Å². The highest BCUT2D eigenvalue weighted by atomic mass is 16.6. The molecule has 0 radical (unpaired) electrons. The van der Waals surface area contributed by atoms with Gasteiger partial charge >= 0.3 is 6.09 Å². The van der Waals surface area contributed by atoms with Crippen LogP contribution in [0.4, 0.5) is 4.79 Å². The SMILES string of the molecule is CN1CCC(Oc2cc(-c3cn[nH]c3)ccc2OC(N)=O)C1. The molecule has 1 aliphatic rings. The Labute approximate surface area is 128 Å². The van der Waals surface area contributed by atoms with E-state index in [1.165, 1.54) is 0 Å². The first-order chi connectivity index (χ1) is 10.6. The van der Waals surface area contributed by atoms with Crippen molar-refractivity contribution in [3.63, 3.8) is 0 Å². The van der Waals surface area contributed by atoms with Gasteiger partial charge in [-0.1, -0.05) is 6.07 Å². The number of nitrogens with zero attached hydrogens (tertiary/aromatic N) is 2. The second-order valence-corrected chi connectivity index (χ2v) is 5.36. The molecule has 1 saturated heterocycles. The molecule has 2 heterocycles. The summed E-state index contributed by atoms with van der Waals surface area (Å²) >= 11 is 0. The lowest BCUT2D eigenvalue weighted by Gasteiger charge is -2.17. The smallest absolute Gasteiger partial charge is 0.410 e. The van der Waals surface area contributed by atoms with Crippen molar-refractivity contribution in [2.24, 2.45) is 5.73 Å². The van der Waals surface area contributed by atoms with E-state index in [-0.39, 0.29) is 6.10 Å². The Morgan fingerprint density at radius 1 is 1.41 bits per heavy atom. The first kappa shape index (κ1) is 14.4. The molecule has 0 saturated carbocycles. The number of hydrogen-bond donors (Lipinski definition) is 2. The van der Waals surface area contributed by atoms with Gasteiger partial charge in [0.2, 0.25) is 0 Å². The van der Waals surface area contributed by atoms with Gasteiger partial charge in [-0.2, -0.15) is 5.10 Å². The van der Waals surface area contributed by atoms with Crippen molar-refractivity contribution in [1.82, 2.24) is 15.1 Å². The summed E-state index contributed by atoms with van der Waals surface area (Å²) in [5, 5.41) is 6.70. The summed E-state index contributed by atoms with van der Waals surface area (Å²) in [5.74, 6) is 0.840. The van der Waals surface area contributed by atoms with Gasteiger partial charge in [-0.15, -0.1) is 0 Å². The number of rotatable bonds is 4. The number of aromatic nitrogens is 2. The average molecular weight is 302 g/mol. The second-order valence-electron chi connectivity index (χ2n) is 5.36. The number of amides is 1.